The van der Waals surface area contributed by atoms with E-state index in [4.69, 9.17) is 0 Å². The first kappa shape index (κ1) is 21.2. The maximum Gasteiger partial charge on any atom is 4.00 e. The summed E-state index contributed by atoms with van der Waals surface area (Å²) in [7, 11) is 0. The minimum Gasteiger partial charge on any atom is -0.684 e. The first-order chi connectivity index (χ1) is 8.45. The van der Waals surface area contributed by atoms with Crippen LogP contribution in [0.5, 0.6) is 0 Å². The molecule has 0 N–H and O–H groups in total. The van der Waals surface area contributed by atoms with Crippen molar-refractivity contribution in [1.82, 2.24) is 0 Å². The van der Waals surface area contributed by atoms with E-state index in [1.165, 1.54) is 0 Å². The van der Waals surface area contributed by atoms with Gasteiger partial charge in [-0.2, -0.15) is 0 Å². The van der Waals surface area contributed by atoms with E-state index in [-0.39, 0.29) is 41.1 Å². The van der Waals surface area contributed by atoms with Gasteiger partial charge in [0.05, 0.1) is 0 Å². The van der Waals surface area contributed by atoms with Gasteiger partial charge in [-0.05, 0) is 0 Å². The van der Waals surface area contributed by atoms with E-state index in [0.29, 0.717) is 0 Å². The van der Waals surface area contributed by atoms with Crippen LogP contribution in [0.2, 0.25) is 0 Å². The maximum absolute atomic E-state index is 4.48. The molecule has 0 heterocycles. The zero-order valence-electron chi connectivity index (χ0n) is 12.3. The molecule has 104 valence electrons. The van der Waals surface area contributed by atoms with Gasteiger partial charge in [0.1, 0.15) is 0 Å². The van der Waals surface area contributed by atoms with Crippen molar-refractivity contribution < 1.29 is 26.2 Å². The minimum absolute atomic E-state index is 0. The third-order valence-electron chi connectivity index (χ3n) is 2.42. The summed E-state index contributed by atoms with van der Waals surface area (Å²) >= 11 is 0. The summed E-state index contributed by atoms with van der Waals surface area (Å²) in [5.74, 6) is 0. The van der Waals surface area contributed by atoms with Gasteiger partial charge in [-0.3, -0.25) is 0 Å². The SMILES string of the molecule is [CH3-].[CH3-].[Zr+4].c1ccc([N-]CCC[N-]c2ccccc2)cc1. The second kappa shape index (κ2) is 12.9. The molecule has 2 rings (SSSR count). The molecule has 0 fully saturated rings. The van der Waals surface area contributed by atoms with E-state index in [1.807, 2.05) is 60.7 Å². The van der Waals surface area contributed by atoms with Crippen molar-refractivity contribution in [2.45, 2.75) is 6.42 Å². The van der Waals surface area contributed by atoms with Crippen LogP contribution in [0.4, 0.5) is 11.4 Å². The zero-order valence-corrected chi connectivity index (χ0v) is 14.7. The van der Waals surface area contributed by atoms with Crippen molar-refractivity contribution in [3.63, 3.8) is 0 Å². The Labute approximate surface area is 143 Å². The predicted octanol–water partition coefficient (Wildman–Crippen LogP) is 5.69. The van der Waals surface area contributed by atoms with E-state index < -0.39 is 0 Å². The molecule has 20 heavy (non-hydrogen) atoms. The Kier molecular flexibility index (Phi) is 13.7. The number of hydrogen-bond acceptors (Lipinski definition) is 0. The van der Waals surface area contributed by atoms with Crippen LogP contribution in [0.3, 0.4) is 0 Å². The second-order valence-corrected chi connectivity index (χ2v) is 3.79. The number of hydrogen-bond donors (Lipinski definition) is 0. The van der Waals surface area contributed by atoms with E-state index >= 15 is 0 Å². The standard InChI is InChI=1S/C15H16N2.2CH3.Zr/c1-3-8-14(9-4-1)16-12-7-13-17-15-10-5-2-6-11-15;;;/h1-6,8-11H,7,12-13H2;2*1H3;/q-2;2*-1;+4. The van der Waals surface area contributed by atoms with Gasteiger partial charge in [0.25, 0.3) is 0 Å². The van der Waals surface area contributed by atoms with Crippen LogP contribution in [0.15, 0.2) is 60.7 Å². The molecule has 0 spiro atoms. The smallest absolute Gasteiger partial charge is 0.684 e. The van der Waals surface area contributed by atoms with E-state index in [9.17, 15) is 0 Å². The van der Waals surface area contributed by atoms with Gasteiger partial charge in [-0.1, -0.05) is 67.1 Å². The molecular formula is C17H22N2Zr. The molecule has 2 aromatic carbocycles. The van der Waals surface area contributed by atoms with E-state index in [2.05, 4.69) is 10.6 Å². The fourth-order valence-corrected chi connectivity index (χ4v) is 1.55. The molecule has 3 heteroatoms. The average molecular weight is 346 g/mol. The van der Waals surface area contributed by atoms with E-state index in [0.717, 1.165) is 30.9 Å². The summed E-state index contributed by atoms with van der Waals surface area (Å²) in [6.45, 7) is 1.67. The predicted molar refractivity (Wildman–Crippen MR) is 86.1 cm³/mol. The summed E-state index contributed by atoms with van der Waals surface area (Å²) in [6.07, 6.45) is 0.990. The molecule has 2 aromatic rings. The first-order valence-corrected chi connectivity index (χ1v) is 5.90. The third-order valence-corrected chi connectivity index (χ3v) is 2.42. The molecule has 0 saturated carbocycles. The van der Waals surface area contributed by atoms with Crippen LogP contribution >= 0.6 is 0 Å². The molecule has 0 saturated heterocycles. The van der Waals surface area contributed by atoms with Crippen LogP contribution in [-0.2, 0) is 26.2 Å². The topological polar surface area (TPSA) is 28.2 Å². The van der Waals surface area contributed by atoms with Crippen LogP contribution in [-0.4, -0.2) is 13.1 Å². The van der Waals surface area contributed by atoms with Gasteiger partial charge >= 0.3 is 26.2 Å². The molecule has 0 bridgehead atoms. The number of nitrogens with zero attached hydrogens (tertiary/aromatic N) is 2. The molecule has 0 unspecified atom stereocenters. The normalized spacial score (nSPS) is 8.40. The molecule has 0 radical (unpaired) electrons. The Morgan fingerprint density at radius 3 is 1.30 bits per heavy atom. The molecule has 0 aromatic heterocycles. The number of rotatable bonds is 6. The summed E-state index contributed by atoms with van der Waals surface area (Å²) in [4.78, 5) is 0. The average Bonchev–Trinajstić information content (AvgIpc) is 2.41. The minimum atomic E-state index is 0. The van der Waals surface area contributed by atoms with Crippen molar-refractivity contribution in [2.24, 2.45) is 0 Å². The summed E-state index contributed by atoms with van der Waals surface area (Å²) in [6, 6.07) is 20.1. The Balaban J connectivity index is 0. The summed E-state index contributed by atoms with van der Waals surface area (Å²) in [5.41, 5.74) is 2.10. The van der Waals surface area contributed by atoms with Crippen molar-refractivity contribution in [3.05, 3.63) is 86.2 Å². The third kappa shape index (κ3) is 8.17. The largest absolute Gasteiger partial charge is 4.00 e. The van der Waals surface area contributed by atoms with Gasteiger partial charge in [0, 0.05) is 0 Å². The molecule has 0 aliphatic heterocycles. The number of benzene rings is 2. The first-order valence-electron chi connectivity index (χ1n) is 5.90. The fourth-order valence-electron chi connectivity index (χ4n) is 1.55. The van der Waals surface area contributed by atoms with Crippen LogP contribution in [0.1, 0.15) is 6.42 Å². The maximum atomic E-state index is 4.48. The Hall–Kier alpha value is -1.08. The van der Waals surface area contributed by atoms with Gasteiger partial charge in [-0.25, -0.2) is 0 Å². The molecule has 0 amide bonds. The quantitative estimate of drug-likeness (QED) is 0.475. The van der Waals surface area contributed by atoms with Crippen molar-refractivity contribution in [2.75, 3.05) is 13.1 Å². The van der Waals surface area contributed by atoms with E-state index in [1.54, 1.807) is 0 Å². The molecule has 0 atom stereocenters. The van der Waals surface area contributed by atoms with Gasteiger partial charge in [0.15, 0.2) is 0 Å². The van der Waals surface area contributed by atoms with Crippen LogP contribution in [0.25, 0.3) is 10.6 Å². The van der Waals surface area contributed by atoms with Gasteiger partial charge in [0.2, 0.25) is 0 Å². The summed E-state index contributed by atoms with van der Waals surface area (Å²) in [5, 5.41) is 8.95. The Morgan fingerprint density at radius 2 is 0.950 bits per heavy atom. The Morgan fingerprint density at radius 1 is 0.600 bits per heavy atom. The molecule has 2 nitrogen and oxygen atoms in total. The molecular weight excluding hydrogens is 323 g/mol. The van der Waals surface area contributed by atoms with Crippen molar-refractivity contribution >= 4 is 11.4 Å². The second-order valence-electron chi connectivity index (χ2n) is 3.79. The van der Waals surface area contributed by atoms with Crippen LogP contribution < -0.4 is 0 Å². The molecule has 0 aliphatic rings. The van der Waals surface area contributed by atoms with Crippen molar-refractivity contribution in [1.29, 1.82) is 0 Å². The van der Waals surface area contributed by atoms with Crippen LogP contribution in [0, 0.1) is 14.9 Å². The fraction of sp³-hybridized carbons (Fsp3) is 0.176. The Bertz CT molecular complexity index is 376. The van der Waals surface area contributed by atoms with Gasteiger partial charge < -0.3 is 25.5 Å². The zero-order chi connectivity index (χ0) is 11.8. The molecule has 0 aliphatic carbocycles. The number of para-hydroxylation sites is 2. The van der Waals surface area contributed by atoms with Gasteiger partial charge in [-0.15, -0.1) is 24.5 Å². The van der Waals surface area contributed by atoms with Crippen molar-refractivity contribution in [3.8, 4) is 0 Å². The summed E-state index contributed by atoms with van der Waals surface area (Å²) < 4.78 is 0. The monoisotopic (exact) mass is 344 g/mol.